The molecule has 1 saturated heterocycles. The van der Waals surface area contributed by atoms with Gasteiger partial charge in [-0.25, -0.2) is 0 Å². The van der Waals surface area contributed by atoms with Gasteiger partial charge in [0.2, 0.25) is 0 Å². The van der Waals surface area contributed by atoms with E-state index in [0.29, 0.717) is 26.2 Å². The van der Waals surface area contributed by atoms with E-state index in [-0.39, 0.29) is 6.04 Å². The first-order valence-electron chi connectivity index (χ1n) is 10.1. The molecule has 0 bridgehead atoms. The lowest BCUT2D eigenvalue weighted by Crippen LogP contribution is -2.53. The van der Waals surface area contributed by atoms with Gasteiger partial charge in [-0.2, -0.15) is 0 Å². The molecule has 0 unspecified atom stereocenters. The fourth-order valence-electron chi connectivity index (χ4n) is 3.68. The zero-order chi connectivity index (χ0) is 20.6. The Kier molecular flexibility index (Phi) is 7.38. The van der Waals surface area contributed by atoms with E-state index in [1.54, 1.807) is 4.90 Å². The summed E-state index contributed by atoms with van der Waals surface area (Å²) >= 11 is 0. The highest BCUT2D eigenvalue weighted by Gasteiger charge is 2.30. The molecule has 0 radical (unpaired) electrons. The molecule has 0 spiro atoms. The first kappa shape index (κ1) is 21.0. The number of rotatable bonds is 6. The number of carbonyl (C=O) groups is 2. The number of amides is 2. The number of benzene rings is 2. The van der Waals surface area contributed by atoms with Crippen LogP contribution in [0.3, 0.4) is 0 Å². The van der Waals surface area contributed by atoms with E-state index in [2.05, 4.69) is 58.7 Å². The smallest absolute Gasteiger partial charge is 0.311 e. The molecular weight excluding hydrogens is 364 g/mol. The van der Waals surface area contributed by atoms with Crippen LogP contribution in [-0.2, 0) is 9.59 Å². The van der Waals surface area contributed by atoms with Gasteiger partial charge in [-0.05, 0) is 25.2 Å². The molecule has 0 aliphatic carbocycles. The topological polar surface area (TPSA) is 55.9 Å². The van der Waals surface area contributed by atoms with Gasteiger partial charge in [0.1, 0.15) is 0 Å². The maximum Gasteiger partial charge on any atom is 0.311 e. The summed E-state index contributed by atoms with van der Waals surface area (Å²) in [6, 6.07) is 21.0. The van der Waals surface area contributed by atoms with Crippen molar-refractivity contribution in [1.29, 1.82) is 0 Å². The van der Waals surface area contributed by atoms with Gasteiger partial charge in [0.05, 0.1) is 6.04 Å². The van der Waals surface area contributed by atoms with Crippen LogP contribution in [-0.4, -0.2) is 79.9 Å². The molecule has 1 aliphatic rings. The third-order valence-electron chi connectivity index (χ3n) is 5.24. The van der Waals surface area contributed by atoms with Crippen molar-refractivity contribution in [3.8, 4) is 0 Å². The molecule has 0 atom stereocenters. The average Bonchev–Trinajstić information content (AvgIpc) is 2.75. The predicted octanol–water partition coefficient (Wildman–Crippen LogP) is 1.60. The Hall–Kier alpha value is -2.70. The first-order valence-corrected chi connectivity index (χ1v) is 10.1. The fourth-order valence-corrected chi connectivity index (χ4v) is 3.68. The number of piperazine rings is 1. The summed E-state index contributed by atoms with van der Waals surface area (Å²) in [6.45, 7) is 3.74. The molecular formula is C23H30N4O2. The zero-order valence-electron chi connectivity index (χ0n) is 17.3. The summed E-state index contributed by atoms with van der Waals surface area (Å²) in [5, 5.41) is 2.71. The number of carbonyl (C=O) groups excluding carboxylic acids is 2. The Morgan fingerprint density at radius 2 is 1.41 bits per heavy atom. The molecule has 6 nitrogen and oxygen atoms in total. The quantitative estimate of drug-likeness (QED) is 0.756. The lowest BCUT2D eigenvalue weighted by atomic mass is 9.96. The molecule has 154 valence electrons. The summed E-state index contributed by atoms with van der Waals surface area (Å²) < 4.78 is 0. The maximum atomic E-state index is 12.5. The van der Waals surface area contributed by atoms with Crippen LogP contribution in [0.25, 0.3) is 0 Å². The van der Waals surface area contributed by atoms with Gasteiger partial charge >= 0.3 is 11.8 Å². The third kappa shape index (κ3) is 5.65. The zero-order valence-corrected chi connectivity index (χ0v) is 17.3. The maximum absolute atomic E-state index is 12.5. The van der Waals surface area contributed by atoms with E-state index in [1.807, 2.05) is 31.1 Å². The van der Waals surface area contributed by atoms with Gasteiger partial charge in [0, 0.05) is 39.3 Å². The van der Waals surface area contributed by atoms with Crippen LogP contribution in [0, 0.1) is 0 Å². The summed E-state index contributed by atoms with van der Waals surface area (Å²) in [5.41, 5.74) is 2.47. The minimum Gasteiger partial charge on any atom is -0.347 e. The van der Waals surface area contributed by atoms with E-state index >= 15 is 0 Å². The predicted molar refractivity (Wildman–Crippen MR) is 114 cm³/mol. The van der Waals surface area contributed by atoms with Crippen molar-refractivity contribution in [2.24, 2.45) is 0 Å². The molecule has 29 heavy (non-hydrogen) atoms. The van der Waals surface area contributed by atoms with Gasteiger partial charge in [-0.3, -0.25) is 14.5 Å². The Labute approximate surface area is 173 Å². The van der Waals surface area contributed by atoms with Crippen LogP contribution in [0.1, 0.15) is 17.2 Å². The second kappa shape index (κ2) is 10.2. The second-order valence-corrected chi connectivity index (χ2v) is 7.61. The minimum atomic E-state index is -0.511. The van der Waals surface area contributed by atoms with Crippen molar-refractivity contribution in [3.05, 3.63) is 71.8 Å². The standard InChI is InChI=1S/C23H30N4O2/c1-25(2)14-13-24-22(28)23(29)27-17-15-26(16-18-27)21(19-9-5-3-6-10-19)20-11-7-4-8-12-20/h3-12,21H,13-18H2,1-2H3,(H,24,28). The van der Waals surface area contributed by atoms with Gasteiger partial charge in [0.15, 0.2) is 0 Å². The highest BCUT2D eigenvalue weighted by molar-refractivity contribution is 6.35. The molecule has 1 N–H and O–H groups in total. The SMILES string of the molecule is CN(C)CCNC(=O)C(=O)N1CCN(C(c2ccccc2)c2ccccc2)CC1. The van der Waals surface area contributed by atoms with Crippen LogP contribution in [0.2, 0.25) is 0 Å². The van der Waals surface area contributed by atoms with Crippen molar-refractivity contribution < 1.29 is 9.59 Å². The van der Waals surface area contributed by atoms with Crippen molar-refractivity contribution in [2.45, 2.75) is 6.04 Å². The summed E-state index contributed by atoms with van der Waals surface area (Å²) in [6.07, 6.45) is 0. The van der Waals surface area contributed by atoms with Gasteiger partial charge < -0.3 is 15.1 Å². The van der Waals surface area contributed by atoms with Crippen molar-refractivity contribution in [2.75, 3.05) is 53.4 Å². The minimum absolute atomic E-state index is 0.142. The number of nitrogens with one attached hydrogen (secondary N) is 1. The van der Waals surface area contributed by atoms with E-state index < -0.39 is 11.8 Å². The van der Waals surface area contributed by atoms with Crippen LogP contribution >= 0.6 is 0 Å². The van der Waals surface area contributed by atoms with E-state index in [9.17, 15) is 9.59 Å². The lowest BCUT2D eigenvalue weighted by Gasteiger charge is -2.39. The monoisotopic (exact) mass is 394 g/mol. The molecule has 6 heteroatoms. The summed E-state index contributed by atoms with van der Waals surface area (Å²) in [7, 11) is 3.87. The molecule has 1 aliphatic heterocycles. The van der Waals surface area contributed by atoms with Crippen molar-refractivity contribution in [1.82, 2.24) is 20.0 Å². The van der Waals surface area contributed by atoms with Gasteiger partial charge in [-0.1, -0.05) is 60.7 Å². The average molecular weight is 395 g/mol. The first-order chi connectivity index (χ1) is 14.1. The van der Waals surface area contributed by atoms with Crippen LogP contribution in [0.4, 0.5) is 0 Å². The van der Waals surface area contributed by atoms with Crippen molar-refractivity contribution in [3.63, 3.8) is 0 Å². The van der Waals surface area contributed by atoms with E-state index in [0.717, 1.165) is 13.1 Å². The van der Waals surface area contributed by atoms with Crippen LogP contribution in [0.15, 0.2) is 60.7 Å². The normalized spacial score (nSPS) is 15.0. The Balaban J connectivity index is 1.63. The molecule has 0 saturated carbocycles. The fraction of sp³-hybridized carbons (Fsp3) is 0.391. The van der Waals surface area contributed by atoms with Gasteiger partial charge in [0.25, 0.3) is 0 Å². The van der Waals surface area contributed by atoms with E-state index in [1.165, 1.54) is 11.1 Å². The lowest BCUT2D eigenvalue weighted by molar-refractivity contribution is -0.147. The highest BCUT2D eigenvalue weighted by Crippen LogP contribution is 2.29. The van der Waals surface area contributed by atoms with Gasteiger partial charge in [-0.15, -0.1) is 0 Å². The molecule has 0 aromatic heterocycles. The Morgan fingerprint density at radius 3 is 1.90 bits per heavy atom. The van der Waals surface area contributed by atoms with Crippen LogP contribution in [0.5, 0.6) is 0 Å². The third-order valence-corrected chi connectivity index (χ3v) is 5.24. The number of hydrogen-bond donors (Lipinski definition) is 1. The molecule has 1 heterocycles. The summed E-state index contributed by atoms with van der Waals surface area (Å²) in [5.74, 6) is -0.942. The van der Waals surface area contributed by atoms with E-state index in [4.69, 9.17) is 0 Å². The molecule has 1 fully saturated rings. The second-order valence-electron chi connectivity index (χ2n) is 7.61. The number of hydrogen-bond acceptors (Lipinski definition) is 4. The molecule has 3 rings (SSSR count). The molecule has 2 aromatic carbocycles. The largest absolute Gasteiger partial charge is 0.347 e. The summed E-state index contributed by atoms with van der Waals surface area (Å²) in [4.78, 5) is 30.6. The molecule has 2 amide bonds. The Bertz CT molecular complexity index is 748. The van der Waals surface area contributed by atoms with Crippen LogP contribution < -0.4 is 5.32 Å². The van der Waals surface area contributed by atoms with Crippen molar-refractivity contribution >= 4 is 11.8 Å². The Morgan fingerprint density at radius 1 is 0.897 bits per heavy atom. The number of nitrogens with zero attached hydrogens (tertiary/aromatic N) is 3. The number of likely N-dealkylation sites (N-methyl/N-ethyl adjacent to an activating group) is 1. The highest BCUT2D eigenvalue weighted by atomic mass is 16.2. The molecule has 2 aromatic rings.